The highest BCUT2D eigenvalue weighted by Crippen LogP contribution is 2.23. The molecule has 1 saturated heterocycles. The van der Waals surface area contributed by atoms with Crippen LogP contribution in [-0.2, 0) is 26.0 Å². The van der Waals surface area contributed by atoms with Crippen molar-refractivity contribution in [2.45, 2.75) is 18.9 Å². The second kappa shape index (κ2) is 6.45. The van der Waals surface area contributed by atoms with Crippen LogP contribution in [0.25, 0.3) is 0 Å². The molecule has 120 valence electrons. The van der Waals surface area contributed by atoms with Gasteiger partial charge in [-0.05, 0) is 5.56 Å². The number of amides is 1. The number of carboxylic acids is 1. The van der Waals surface area contributed by atoms with Crippen molar-refractivity contribution < 1.29 is 23.1 Å². The number of sulfonamides is 1. The van der Waals surface area contributed by atoms with Gasteiger partial charge in [0.25, 0.3) is 0 Å². The standard InChI is InChI=1S/C14H18N2O5S/c15-22(20,21)9-11-7-13(17)16(8-11)12(14(18)19)6-10-4-2-1-3-5-10/h1-5,11-12H,6-9H2,(H,18,19)(H2,15,20,21). The van der Waals surface area contributed by atoms with Crippen LogP contribution in [0.5, 0.6) is 0 Å². The van der Waals surface area contributed by atoms with Crippen LogP contribution in [0.1, 0.15) is 12.0 Å². The van der Waals surface area contributed by atoms with E-state index in [4.69, 9.17) is 5.14 Å². The zero-order valence-corrected chi connectivity index (χ0v) is 12.7. The number of hydrogen-bond acceptors (Lipinski definition) is 4. The Hall–Kier alpha value is -1.93. The smallest absolute Gasteiger partial charge is 0.326 e. The Kier molecular flexibility index (Phi) is 4.82. The number of likely N-dealkylation sites (tertiary alicyclic amines) is 1. The first-order valence-corrected chi connectivity index (χ1v) is 8.54. The van der Waals surface area contributed by atoms with Crippen LogP contribution in [-0.4, -0.2) is 48.6 Å². The van der Waals surface area contributed by atoms with E-state index in [0.717, 1.165) is 5.56 Å². The van der Waals surface area contributed by atoms with Gasteiger partial charge in [-0.15, -0.1) is 0 Å². The summed E-state index contributed by atoms with van der Waals surface area (Å²) < 4.78 is 22.3. The van der Waals surface area contributed by atoms with Crippen molar-refractivity contribution in [3.8, 4) is 0 Å². The molecule has 1 fully saturated rings. The second-order valence-electron chi connectivity index (χ2n) is 5.49. The number of nitrogens with zero attached hydrogens (tertiary/aromatic N) is 1. The zero-order chi connectivity index (χ0) is 16.3. The number of primary sulfonamides is 1. The summed E-state index contributed by atoms with van der Waals surface area (Å²) >= 11 is 0. The Bertz CT molecular complexity index is 659. The van der Waals surface area contributed by atoms with Gasteiger partial charge in [-0.2, -0.15) is 0 Å². The monoisotopic (exact) mass is 326 g/mol. The van der Waals surface area contributed by atoms with E-state index >= 15 is 0 Å². The minimum absolute atomic E-state index is 0.00893. The summed E-state index contributed by atoms with van der Waals surface area (Å²) in [5.74, 6) is -2.22. The topological polar surface area (TPSA) is 118 Å². The van der Waals surface area contributed by atoms with Gasteiger partial charge in [-0.3, -0.25) is 4.79 Å². The number of nitrogens with two attached hydrogens (primary N) is 1. The maximum absolute atomic E-state index is 12.0. The molecule has 1 aliphatic rings. The van der Waals surface area contributed by atoms with Crippen LogP contribution < -0.4 is 5.14 Å². The van der Waals surface area contributed by atoms with E-state index in [1.54, 1.807) is 24.3 Å². The molecule has 2 unspecified atom stereocenters. The Morgan fingerprint density at radius 2 is 2.00 bits per heavy atom. The Morgan fingerprint density at radius 3 is 2.55 bits per heavy atom. The number of carbonyl (C=O) groups excluding carboxylic acids is 1. The van der Waals surface area contributed by atoms with E-state index in [0.29, 0.717) is 0 Å². The van der Waals surface area contributed by atoms with E-state index in [9.17, 15) is 23.1 Å². The van der Waals surface area contributed by atoms with Crippen LogP contribution in [0.2, 0.25) is 0 Å². The van der Waals surface area contributed by atoms with Gasteiger partial charge in [0.2, 0.25) is 15.9 Å². The maximum Gasteiger partial charge on any atom is 0.326 e. The largest absolute Gasteiger partial charge is 0.480 e. The Labute approximate surface area is 128 Å². The quantitative estimate of drug-likeness (QED) is 0.752. The van der Waals surface area contributed by atoms with Gasteiger partial charge in [-0.1, -0.05) is 30.3 Å². The van der Waals surface area contributed by atoms with Crippen LogP contribution in [0.3, 0.4) is 0 Å². The highest BCUT2D eigenvalue weighted by atomic mass is 32.2. The SMILES string of the molecule is NS(=O)(=O)CC1CC(=O)N(C(Cc2ccccc2)C(=O)O)C1. The zero-order valence-electron chi connectivity index (χ0n) is 11.9. The summed E-state index contributed by atoms with van der Waals surface area (Å²) in [6.45, 7) is 0.0963. The number of carbonyl (C=O) groups is 2. The molecule has 1 amide bonds. The molecule has 0 radical (unpaired) electrons. The third-order valence-electron chi connectivity index (χ3n) is 3.64. The summed E-state index contributed by atoms with van der Waals surface area (Å²) in [7, 11) is -3.69. The van der Waals surface area contributed by atoms with Crippen molar-refractivity contribution in [2.24, 2.45) is 11.1 Å². The van der Waals surface area contributed by atoms with Gasteiger partial charge in [0.15, 0.2) is 0 Å². The summed E-state index contributed by atoms with van der Waals surface area (Å²) in [4.78, 5) is 24.8. The van der Waals surface area contributed by atoms with E-state index < -0.39 is 28.0 Å². The fourth-order valence-electron chi connectivity index (χ4n) is 2.72. The normalized spacial score (nSPS) is 20.1. The summed E-state index contributed by atoms with van der Waals surface area (Å²) in [6.07, 6.45) is 0.193. The lowest BCUT2D eigenvalue weighted by Gasteiger charge is -2.24. The molecule has 0 aromatic heterocycles. The molecule has 1 aromatic rings. The third-order valence-corrected chi connectivity index (χ3v) is 4.58. The molecule has 0 spiro atoms. The molecule has 2 rings (SSSR count). The predicted molar refractivity (Wildman–Crippen MR) is 79.4 cm³/mol. The number of benzene rings is 1. The average Bonchev–Trinajstić information content (AvgIpc) is 2.75. The van der Waals surface area contributed by atoms with Crippen molar-refractivity contribution in [3.63, 3.8) is 0 Å². The molecule has 1 heterocycles. The number of aliphatic carboxylic acids is 1. The highest BCUT2D eigenvalue weighted by Gasteiger charge is 2.38. The lowest BCUT2D eigenvalue weighted by molar-refractivity contribution is -0.148. The molecule has 0 bridgehead atoms. The van der Waals surface area contributed by atoms with Gasteiger partial charge in [0.05, 0.1) is 5.75 Å². The number of carboxylic acid groups (broad SMARTS) is 1. The van der Waals surface area contributed by atoms with E-state index in [-0.39, 0.29) is 31.0 Å². The molecule has 0 saturated carbocycles. The first kappa shape index (κ1) is 16.4. The molecule has 1 aliphatic heterocycles. The molecule has 7 nitrogen and oxygen atoms in total. The van der Waals surface area contributed by atoms with E-state index in [2.05, 4.69) is 0 Å². The van der Waals surface area contributed by atoms with Crippen molar-refractivity contribution in [1.82, 2.24) is 4.90 Å². The van der Waals surface area contributed by atoms with Crippen molar-refractivity contribution >= 4 is 21.9 Å². The fourth-order valence-corrected chi connectivity index (χ4v) is 3.60. The van der Waals surface area contributed by atoms with E-state index in [1.807, 2.05) is 6.07 Å². The number of rotatable bonds is 6. The third kappa shape index (κ3) is 4.28. The van der Waals surface area contributed by atoms with Crippen LogP contribution >= 0.6 is 0 Å². The second-order valence-corrected chi connectivity index (χ2v) is 7.15. The minimum atomic E-state index is -3.69. The Balaban J connectivity index is 2.12. The van der Waals surface area contributed by atoms with Gasteiger partial charge < -0.3 is 10.0 Å². The molecular formula is C14H18N2O5S. The van der Waals surface area contributed by atoms with Crippen molar-refractivity contribution in [3.05, 3.63) is 35.9 Å². The number of hydrogen-bond donors (Lipinski definition) is 2. The van der Waals surface area contributed by atoms with Gasteiger partial charge >= 0.3 is 5.97 Å². The average molecular weight is 326 g/mol. The summed E-state index contributed by atoms with van der Waals surface area (Å²) in [5, 5.41) is 14.4. The van der Waals surface area contributed by atoms with E-state index in [1.165, 1.54) is 4.90 Å². The first-order valence-electron chi connectivity index (χ1n) is 6.83. The lowest BCUT2D eigenvalue weighted by Crippen LogP contribution is -2.44. The molecule has 3 N–H and O–H groups in total. The Morgan fingerprint density at radius 1 is 1.36 bits per heavy atom. The van der Waals surface area contributed by atoms with Crippen LogP contribution in [0.15, 0.2) is 30.3 Å². The lowest BCUT2D eigenvalue weighted by atomic mass is 10.0. The molecule has 1 aromatic carbocycles. The molecule has 0 aliphatic carbocycles. The van der Waals surface area contributed by atoms with Gasteiger partial charge in [0, 0.05) is 25.3 Å². The molecule has 8 heteroatoms. The minimum Gasteiger partial charge on any atom is -0.480 e. The molecule has 2 atom stereocenters. The van der Waals surface area contributed by atoms with Gasteiger partial charge in [-0.25, -0.2) is 18.4 Å². The molecule has 22 heavy (non-hydrogen) atoms. The highest BCUT2D eigenvalue weighted by molar-refractivity contribution is 7.89. The summed E-state index contributed by atoms with van der Waals surface area (Å²) in [5.41, 5.74) is 0.803. The maximum atomic E-state index is 12.0. The molecular weight excluding hydrogens is 308 g/mol. The van der Waals surface area contributed by atoms with Crippen LogP contribution in [0.4, 0.5) is 0 Å². The van der Waals surface area contributed by atoms with Crippen molar-refractivity contribution in [2.75, 3.05) is 12.3 Å². The first-order chi connectivity index (χ1) is 10.3. The fraction of sp³-hybridized carbons (Fsp3) is 0.429. The predicted octanol–water partition coefficient (Wildman–Crippen LogP) is -0.181. The van der Waals surface area contributed by atoms with Crippen LogP contribution in [0, 0.1) is 5.92 Å². The van der Waals surface area contributed by atoms with Crippen molar-refractivity contribution in [1.29, 1.82) is 0 Å². The van der Waals surface area contributed by atoms with Gasteiger partial charge in [0.1, 0.15) is 6.04 Å². The summed E-state index contributed by atoms with van der Waals surface area (Å²) in [6, 6.07) is 7.99.